The molecule has 0 aliphatic carbocycles. The summed E-state index contributed by atoms with van der Waals surface area (Å²) in [5.41, 5.74) is 1.16. The molecule has 0 saturated carbocycles. The van der Waals surface area contributed by atoms with Gasteiger partial charge in [-0.1, -0.05) is 0 Å². The van der Waals surface area contributed by atoms with Crippen molar-refractivity contribution >= 4 is 12.4 Å². The van der Waals surface area contributed by atoms with Gasteiger partial charge in [-0.05, 0) is 44.6 Å². The summed E-state index contributed by atoms with van der Waals surface area (Å²) < 4.78 is 28.2. The summed E-state index contributed by atoms with van der Waals surface area (Å²) in [5, 5.41) is 7.64. The number of likely N-dealkylation sites (N-methyl/N-ethyl adjacent to an activating group) is 1. The molecular formula is C16H21ClF2N4. The Balaban J connectivity index is 0.00000192. The Kier molecular flexibility index (Phi) is 6.10. The second kappa shape index (κ2) is 7.86. The Labute approximate surface area is 140 Å². The van der Waals surface area contributed by atoms with E-state index >= 15 is 0 Å². The third-order valence-corrected chi connectivity index (χ3v) is 4.10. The molecule has 1 unspecified atom stereocenters. The van der Waals surface area contributed by atoms with E-state index in [1.54, 1.807) is 6.20 Å². The lowest BCUT2D eigenvalue weighted by atomic mass is 10.2. The number of benzene rings is 1. The number of rotatable bonds is 5. The lowest BCUT2D eigenvalue weighted by molar-refractivity contribution is 0.239. The van der Waals surface area contributed by atoms with Gasteiger partial charge in [0, 0.05) is 31.4 Å². The molecule has 2 aromatic rings. The van der Waals surface area contributed by atoms with E-state index in [4.69, 9.17) is 0 Å². The maximum atomic E-state index is 13.8. The van der Waals surface area contributed by atoms with E-state index in [1.165, 1.54) is 29.7 Å². The number of nitrogens with one attached hydrogen (secondary N) is 1. The van der Waals surface area contributed by atoms with Crippen LogP contribution in [0.4, 0.5) is 8.78 Å². The molecule has 126 valence electrons. The van der Waals surface area contributed by atoms with Crippen LogP contribution in [0.5, 0.6) is 0 Å². The predicted octanol–water partition coefficient (Wildman–Crippen LogP) is 2.76. The molecule has 1 aliphatic heterocycles. The normalized spacial score (nSPS) is 18.1. The standard InChI is InChI=1S/C16H20F2N4.ClH/c1-19-10-14-3-2-7-21(14)11-13-6-8-22(20-13)16-5-4-12(17)9-15(16)18;/h4-6,8-9,14,19H,2-3,7,10-11H2,1H3;1H. The number of halogens is 3. The van der Waals surface area contributed by atoms with Crippen LogP contribution in [0.1, 0.15) is 18.5 Å². The van der Waals surface area contributed by atoms with E-state index < -0.39 is 11.6 Å². The van der Waals surface area contributed by atoms with E-state index in [-0.39, 0.29) is 18.1 Å². The second-order valence-electron chi connectivity index (χ2n) is 5.67. The van der Waals surface area contributed by atoms with Gasteiger partial charge in [-0.3, -0.25) is 4.90 Å². The van der Waals surface area contributed by atoms with Gasteiger partial charge in [0.25, 0.3) is 0 Å². The highest BCUT2D eigenvalue weighted by molar-refractivity contribution is 5.85. The summed E-state index contributed by atoms with van der Waals surface area (Å²) in [7, 11) is 1.96. The Morgan fingerprint density at radius 2 is 2.13 bits per heavy atom. The summed E-state index contributed by atoms with van der Waals surface area (Å²) in [6.07, 6.45) is 4.10. The highest BCUT2D eigenvalue weighted by Gasteiger charge is 2.24. The summed E-state index contributed by atoms with van der Waals surface area (Å²) >= 11 is 0. The molecule has 1 atom stereocenters. The molecule has 3 rings (SSSR count). The SMILES string of the molecule is CNCC1CCCN1Cc1ccn(-c2ccc(F)cc2F)n1.Cl. The largest absolute Gasteiger partial charge is 0.318 e. The van der Waals surface area contributed by atoms with Crippen LogP contribution in [0.3, 0.4) is 0 Å². The van der Waals surface area contributed by atoms with Crippen LogP contribution >= 0.6 is 12.4 Å². The summed E-state index contributed by atoms with van der Waals surface area (Å²) in [5.74, 6) is -1.19. The van der Waals surface area contributed by atoms with E-state index in [9.17, 15) is 8.78 Å². The molecule has 1 aromatic heterocycles. The molecule has 2 heterocycles. The fourth-order valence-electron chi connectivity index (χ4n) is 3.03. The Morgan fingerprint density at radius 3 is 2.87 bits per heavy atom. The van der Waals surface area contributed by atoms with Gasteiger partial charge in [-0.2, -0.15) is 5.10 Å². The molecule has 0 amide bonds. The summed E-state index contributed by atoms with van der Waals surface area (Å²) in [6.45, 7) is 2.78. The minimum atomic E-state index is -0.608. The van der Waals surface area contributed by atoms with Crippen LogP contribution in [0.15, 0.2) is 30.5 Å². The van der Waals surface area contributed by atoms with Crippen molar-refractivity contribution in [1.29, 1.82) is 0 Å². The lowest BCUT2D eigenvalue weighted by Crippen LogP contribution is -2.36. The van der Waals surface area contributed by atoms with Crippen molar-refractivity contribution in [3.8, 4) is 5.69 Å². The van der Waals surface area contributed by atoms with Crippen LogP contribution in [-0.2, 0) is 6.54 Å². The van der Waals surface area contributed by atoms with Gasteiger partial charge < -0.3 is 5.32 Å². The van der Waals surface area contributed by atoms with Crippen molar-refractivity contribution in [1.82, 2.24) is 20.0 Å². The van der Waals surface area contributed by atoms with Crippen molar-refractivity contribution in [2.24, 2.45) is 0 Å². The smallest absolute Gasteiger partial charge is 0.151 e. The average Bonchev–Trinajstić information content (AvgIpc) is 3.10. The average molecular weight is 343 g/mol. The Bertz CT molecular complexity index is 647. The maximum Gasteiger partial charge on any atom is 0.151 e. The minimum absolute atomic E-state index is 0. The molecule has 0 radical (unpaired) electrons. The van der Waals surface area contributed by atoms with Gasteiger partial charge >= 0.3 is 0 Å². The number of nitrogens with zero attached hydrogens (tertiary/aromatic N) is 3. The highest BCUT2D eigenvalue weighted by atomic mass is 35.5. The molecule has 1 N–H and O–H groups in total. The predicted molar refractivity (Wildman–Crippen MR) is 88.1 cm³/mol. The zero-order valence-electron chi connectivity index (χ0n) is 13.0. The van der Waals surface area contributed by atoms with Crippen molar-refractivity contribution < 1.29 is 8.78 Å². The van der Waals surface area contributed by atoms with Crippen LogP contribution in [0, 0.1) is 11.6 Å². The number of aromatic nitrogens is 2. The first-order valence-corrected chi connectivity index (χ1v) is 7.56. The zero-order valence-corrected chi connectivity index (χ0v) is 13.8. The quantitative estimate of drug-likeness (QED) is 0.907. The van der Waals surface area contributed by atoms with E-state index in [0.717, 1.165) is 31.4 Å². The molecule has 4 nitrogen and oxygen atoms in total. The van der Waals surface area contributed by atoms with E-state index in [1.807, 2.05) is 13.1 Å². The topological polar surface area (TPSA) is 33.1 Å². The lowest BCUT2D eigenvalue weighted by Gasteiger charge is -2.23. The van der Waals surface area contributed by atoms with Crippen molar-refractivity contribution in [2.75, 3.05) is 20.1 Å². The Morgan fingerprint density at radius 1 is 1.30 bits per heavy atom. The van der Waals surface area contributed by atoms with Gasteiger partial charge in [-0.25, -0.2) is 13.5 Å². The molecule has 7 heteroatoms. The third-order valence-electron chi connectivity index (χ3n) is 4.10. The Hall–Kier alpha value is -1.50. The summed E-state index contributed by atoms with van der Waals surface area (Å²) in [4.78, 5) is 2.39. The summed E-state index contributed by atoms with van der Waals surface area (Å²) in [6, 6.07) is 5.93. The molecule has 23 heavy (non-hydrogen) atoms. The van der Waals surface area contributed by atoms with Gasteiger partial charge in [0.2, 0.25) is 0 Å². The highest BCUT2D eigenvalue weighted by Crippen LogP contribution is 2.20. The van der Waals surface area contributed by atoms with Crippen LogP contribution in [-0.4, -0.2) is 40.9 Å². The molecular weight excluding hydrogens is 322 g/mol. The molecule has 1 saturated heterocycles. The van der Waals surface area contributed by atoms with Crippen LogP contribution < -0.4 is 5.32 Å². The zero-order chi connectivity index (χ0) is 15.5. The van der Waals surface area contributed by atoms with Gasteiger partial charge in [0.05, 0.1) is 5.69 Å². The monoisotopic (exact) mass is 342 g/mol. The number of hydrogen-bond acceptors (Lipinski definition) is 3. The molecule has 1 aromatic carbocycles. The van der Waals surface area contributed by atoms with Crippen molar-refractivity contribution in [2.45, 2.75) is 25.4 Å². The van der Waals surface area contributed by atoms with Crippen LogP contribution in [0.2, 0.25) is 0 Å². The molecule has 0 spiro atoms. The van der Waals surface area contributed by atoms with E-state index in [0.29, 0.717) is 6.04 Å². The maximum absolute atomic E-state index is 13.8. The van der Waals surface area contributed by atoms with Gasteiger partial charge in [-0.15, -0.1) is 12.4 Å². The van der Waals surface area contributed by atoms with Crippen LogP contribution in [0.25, 0.3) is 5.69 Å². The second-order valence-corrected chi connectivity index (χ2v) is 5.67. The first-order valence-electron chi connectivity index (χ1n) is 7.56. The number of likely N-dealkylation sites (tertiary alicyclic amines) is 1. The molecule has 1 fully saturated rings. The first-order chi connectivity index (χ1) is 10.7. The van der Waals surface area contributed by atoms with E-state index in [2.05, 4.69) is 15.3 Å². The van der Waals surface area contributed by atoms with Crippen molar-refractivity contribution in [3.63, 3.8) is 0 Å². The number of hydrogen-bond donors (Lipinski definition) is 1. The van der Waals surface area contributed by atoms with Gasteiger partial charge in [0.15, 0.2) is 5.82 Å². The molecule has 0 bridgehead atoms. The van der Waals surface area contributed by atoms with Gasteiger partial charge in [0.1, 0.15) is 11.5 Å². The van der Waals surface area contributed by atoms with Crippen molar-refractivity contribution in [3.05, 3.63) is 47.8 Å². The molecule has 1 aliphatic rings. The fraction of sp³-hybridized carbons (Fsp3) is 0.438. The fourth-order valence-corrected chi connectivity index (χ4v) is 3.03. The minimum Gasteiger partial charge on any atom is -0.318 e. The first kappa shape index (κ1) is 17.8. The third kappa shape index (κ3) is 4.07.